The Bertz CT molecular complexity index is 2820. The molecule has 8 aromatic carbocycles. The minimum Gasteiger partial charge on any atom is -0.456 e. The smallest absolute Gasteiger partial charge is 0.164 e. The van der Waals surface area contributed by atoms with E-state index in [-0.39, 0.29) is 0 Å². The van der Waals surface area contributed by atoms with E-state index >= 15 is 0 Å². The van der Waals surface area contributed by atoms with Gasteiger partial charge in [0, 0.05) is 33.4 Å². The fraction of sp³-hybridized carbons (Fsp3) is 0.0200. The van der Waals surface area contributed by atoms with Crippen molar-refractivity contribution < 1.29 is 4.74 Å². The van der Waals surface area contributed by atoms with E-state index in [1.165, 1.54) is 22.3 Å². The summed E-state index contributed by atoms with van der Waals surface area (Å²) >= 11 is 0. The second kappa shape index (κ2) is 11.9. The Labute approximate surface area is 313 Å². The maximum Gasteiger partial charge on any atom is 0.164 e. The first-order valence-electron chi connectivity index (χ1n) is 18.3. The van der Waals surface area contributed by atoms with Gasteiger partial charge in [-0.25, -0.2) is 15.0 Å². The van der Waals surface area contributed by atoms with Crippen molar-refractivity contribution in [2.75, 3.05) is 0 Å². The van der Waals surface area contributed by atoms with Gasteiger partial charge in [0.15, 0.2) is 17.5 Å². The molecule has 2 heterocycles. The van der Waals surface area contributed by atoms with Gasteiger partial charge in [0.25, 0.3) is 0 Å². The van der Waals surface area contributed by atoms with Crippen LogP contribution >= 0.6 is 0 Å². The number of para-hydroxylation sites is 2. The fourth-order valence-electron chi connectivity index (χ4n) is 8.75. The van der Waals surface area contributed by atoms with Crippen LogP contribution in [0, 0.1) is 0 Å². The van der Waals surface area contributed by atoms with Gasteiger partial charge in [-0.2, -0.15) is 0 Å². The lowest BCUT2D eigenvalue weighted by Gasteiger charge is -2.40. The monoisotopic (exact) mass is 689 g/mol. The van der Waals surface area contributed by atoms with E-state index in [4.69, 9.17) is 19.7 Å². The predicted molar refractivity (Wildman–Crippen MR) is 216 cm³/mol. The van der Waals surface area contributed by atoms with Gasteiger partial charge in [-0.3, -0.25) is 0 Å². The molecule has 2 aliphatic rings. The molecule has 0 bridgehead atoms. The molecule has 0 saturated heterocycles. The highest BCUT2D eigenvalue weighted by molar-refractivity contribution is 6.05. The lowest BCUT2D eigenvalue weighted by atomic mass is 9.65. The van der Waals surface area contributed by atoms with Crippen LogP contribution in [0.5, 0.6) is 11.5 Å². The molecule has 0 saturated carbocycles. The van der Waals surface area contributed by atoms with Crippen molar-refractivity contribution in [1.82, 2.24) is 15.0 Å². The molecule has 0 N–H and O–H groups in total. The van der Waals surface area contributed by atoms with Crippen LogP contribution in [-0.4, -0.2) is 15.0 Å². The zero-order valence-electron chi connectivity index (χ0n) is 29.1. The van der Waals surface area contributed by atoms with Crippen molar-refractivity contribution in [3.05, 3.63) is 210 Å². The first-order valence-corrected chi connectivity index (χ1v) is 18.3. The van der Waals surface area contributed by atoms with Gasteiger partial charge < -0.3 is 4.74 Å². The van der Waals surface area contributed by atoms with E-state index in [2.05, 4.69) is 127 Å². The third-order valence-corrected chi connectivity index (χ3v) is 11.0. The summed E-state index contributed by atoms with van der Waals surface area (Å²) in [5.74, 6) is 3.65. The Balaban J connectivity index is 1.15. The molecule has 9 aromatic rings. The quantitative estimate of drug-likeness (QED) is 0.185. The van der Waals surface area contributed by atoms with Gasteiger partial charge >= 0.3 is 0 Å². The lowest BCUT2D eigenvalue weighted by Crippen LogP contribution is -2.32. The molecule has 0 fully saturated rings. The predicted octanol–water partition coefficient (Wildman–Crippen LogP) is 12.2. The van der Waals surface area contributed by atoms with Gasteiger partial charge in [-0.15, -0.1) is 0 Å². The van der Waals surface area contributed by atoms with E-state index in [0.717, 1.165) is 61.2 Å². The molecule has 4 nitrogen and oxygen atoms in total. The molecule has 0 atom stereocenters. The van der Waals surface area contributed by atoms with Crippen molar-refractivity contribution in [1.29, 1.82) is 0 Å². The van der Waals surface area contributed by atoms with Crippen molar-refractivity contribution in [3.63, 3.8) is 0 Å². The van der Waals surface area contributed by atoms with E-state index in [0.29, 0.717) is 17.5 Å². The number of nitrogens with zero attached hydrogens (tertiary/aromatic N) is 3. The van der Waals surface area contributed by atoms with Gasteiger partial charge in [0.2, 0.25) is 0 Å². The highest BCUT2D eigenvalue weighted by atomic mass is 16.5. The highest BCUT2D eigenvalue weighted by Crippen LogP contribution is 2.63. The van der Waals surface area contributed by atoms with Gasteiger partial charge in [-0.05, 0) is 50.7 Å². The summed E-state index contributed by atoms with van der Waals surface area (Å²) in [6, 6.07) is 66.0. The minimum absolute atomic E-state index is 0.532. The maximum atomic E-state index is 7.04. The average molecular weight is 690 g/mol. The Morgan fingerprint density at radius 2 is 0.778 bits per heavy atom. The Morgan fingerprint density at radius 3 is 1.43 bits per heavy atom. The molecule has 1 aliphatic carbocycles. The molecule has 252 valence electrons. The number of benzene rings is 8. The van der Waals surface area contributed by atoms with E-state index in [1.54, 1.807) is 0 Å². The van der Waals surface area contributed by atoms with Crippen LogP contribution < -0.4 is 4.74 Å². The zero-order chi connectivity index (χ0) is 35.6. The van der Waals surface area contributed by atoms with Crippen molar-refractivity contribution in [2.24, 2.45) is 0 Å². The standard InChI is InChI=1S/C50H31N3O/c1-3-16-32(17-4-1)47-51-48(33-18-5-2-6-19-33)53-49(52-47)40-31-30-36(34-20-7-8-21-35(34)40)39-24-15-28-44-46(39)54-45-29-14-13-27-43(45)50(44)41-25-11-9-22-37(41)38-23-10-12-26-42(38)50/h1-31H. The lowest BCUT2D eigenvalue weighted by molar-refractivity contribution is 0.438. The molecule has 0 radical (unpaired) electrons. The Hall–Kier alpha value is -7.17. The first-order chi connectivity index (χ1) is 26.8. The molecule has 11 rings (SSSR count). The molecular formula is C50H31N3O. The van der Waals surface area contributed by atoms with Gasteiger partial charge in [0.05, 0.1) is 5.41 Å². The van der Waals surface area contributed by atoms with Crippen LogP contribution in [0.3, 0.4) is 0 Å². The zero-order valence-corrected chi connectivity index (χ0v) is 29.1. The molecule has 4 heteroatoms. The number of ether oxygens (including phenoxy) is 1. The van der Waals surface area contributed by atoms with Crippen LogP contribution in [0.1, 0.15) is 22.3 Å². The highest BCUT2D eigenvalue weighted by Gasteiger charge is 2.51. The largest absolute Gasteiger partial charge is 0.456 e. The maximum absolute atomic E-state index is 7.04. The van der Waals surface area contributed by atoms with E-state index < -0.39 is 5.41 Å². The summed E-state index contributed by atoms with van der Waals surface area (Å²) in [4.78, 5) is 15.1. The van der Waals surface area contributed by atoms with Crippen LogP contribution in [0.2, 0.25) is 0 Å². The van der Waals surface area contributed by atoms with E-state index in [1.807, 2.05) is 60.7 Å². The summed E-state index contributed by atoms with van der Waals surface area (Å²) in [6.45, 7) is 0. The molecule has 1 spiro atoms. The summed E-state index contributed by atoms with van der Waals surface area (Å²) in [7, 11) is 0. The number of rotatable bonds is 4. The second-order valence-corrected chi connectivity index (χ2v) is 13.9. The number of fused-ring (bicyclic) bond motifs is 10. The molecule has 1 aromatic heterocycles. The second-order valence-electron chi connectivity index (χ2n) is 13.9. The Kier molecular flexibility index (Phi) is 6.73. The fourth-order valence-corrected chi connectivity index (χ4v) is 8.75. The number of aromatic nitrogens is 3. The summed E-state index contributed by atoms with van der Waals surface area (Å²) in [5.41, 5.74) is 11.8. The van der Waals surface area contributed by atoms with Crippen molar-refractivity contribution in [2.45, 2.75) is 5.41 Å². The SMILES string of the molecule is c1ccc(-c2nc(-c3ccccc3)nc(-c3ccc(-c4cccc5c4Oc4ccccc4C54c5ccccc5-c5ccccc54)c4ccccc34)n2)cc1. The minimum atomic E-state index is -0.532. The van der Waals surface area contributed by atoms with E-state index in [9.17, 15) is 0 Å². The van der Waals surface area contributed by atoms with Crippen LogP contribution in [-0.2, 0) is 5.41 Å². The van der Waals surface area contributed by atoms with Crippen LogP contribution in [0.4, 0.5) is 0 Å². The molecule has 0 amide bonds. The van der Waals surface area contributed by atoms with Crippen molar-refractivity contribution in [3.8, 4) is 67.9 Å². The Morgan fingerprint density at radius 1 is 0.315 bits per heavy atom. The van der Waals surface area contributed by atoms with Gasteiger partial charge in [-0.1, -0.05) is 176 Å². The molecule has 0 unspecified atom stereocenters. The average Bonchev–Trinajstić information content (AvgIpc) is 3.54. The number of hydrogen-bond acceptors (Lipinski definition) is 4. The third-order valence-electron chi connectivity index (χ3n) is 11.0. The van der Waals surface area contributed by atoms with Crippen LogP contribution in [0.25, 0.3) is 67.2 Å². The first kappa shape index (κ1) is 30.5. The normalized spacial score (nSPS) is 13.1. The summed E-state index contributed by atoms with van der Waals surface area (Å²) in [5, 5.41) is 2.15. The number of hydrogen-bond donors (Lipinski definition) is 0. The topological polar surface area (TPSA) is 47.9 Å². The summed E-state index contributed by atoms with van der Waals surface area (Å²) in [6.07, 6.45) is 0. The van der Waals surface area contributed by atoms with Crippen LogP contribution in [0.15, 0.2) is 188 Å². The molecular weight excluding hydrogens is 659 g/mol. The van der Waals surface area contributed by atoms with Crippen molar-refractivity contribution >= 4 is 10.8 Å². The third kappa shape index (κ3) is 4.40. The molecule has 1 aliphatic heterocycles. The molecule has 54 heavy (non-hydrogen) atoms. The van der Waals surface area contributed by atoms with Gasteiger partial charge in [0.1, 0.15) is 11.5 Å². The summed E-state index contributed by atoms with van der Waals surface area (Å²) < 4.78 is 7.04.